The van der Waals surface area contributed by atoms with Gasteiger partial charge in [-0.25, -0.2) is 0 Å². The van der Waals surface area contributed by atoms with Crippen LogP contribution in [0.2, 0.25) is 0 Å². The van der Waals surface area contributed by atoms with Gasteiger partial charge >= 0.3 is 0 Å². The molecule has 0 amide bonds. The van der Waals surface area contributed by atoms with Crippen LogP contribution in [0.15, 0.2) is 61.6 Å². The van der Waals surface area contributed by atoms with Crippen LogP contribution in [-0.2, 0) is 6.42 Å². The zero-order valence-electron chi connectivity index (χ0n) is 13.0. The van der Waals surface area contributed by atoms with Crippen molar-refractivity contribution >= 4 is 5.82 Å². The molecule has 0 saturated carbocycles. The van der Waals surface area contributed by atoms with Crippen LogP contribution in [0.5, 0.6) is 0 Å². The van der Waals surface area contributed by atoms with Crippen LogP contribution < -0.4 is 5.32 Å². The third-order valence-electron chi connectivity index (χ3n) is 3.52. The molecule has 0 fully saturated rings. The van der Waals surface area contributed by atoms with Crippen LogP contribution in [0.25, 0.3) is 0 Å². The zero-order valence-corrected chi connectivity index (χ0v) is 13.0. The molecule has 0 saturated heterocycles. The molecule has 22 heavy (non-hydrogen) atoms. The van der Waals surface area contributed by atoms with E-state index in [0.717, 1.165) is 34.8 Å². The Hall–Kier alpha value is -2.75. The first-order valence-electron chi connectivity index (χ1n) is 7.09. The predicted molar refractivity (Wildman–Crippen MR) is 90.6 cm³/mol. The van der Waals surface area contributed by atoms with Gasteiger partial charge in [-0.3, -0.25) is 4.98 Å². The summed E-state index contributed by atoms with van der Waals surface area (Å²) in [5.74, 6) is 0.740. The molecule has 4 nitrogen and oxygen atoms in total. The maximum absolute atomic E-state index is 4.36. The van der Waals surface area contributed by atoms with E-state index in [2.05, 4.69) is 40.6 Å². The number of aromatic nitrogens is 3. The van der Waals surface area contributed by atoms with Gasteiger partial charge in [-0.2, -0.15) is 5.10 Å². The lowest BCUT2D eigenvalue weighted by atomic mass is 10.0. The number of hydrogen-bond acceptors (Lipinski definition) is 4. The number of hydrogen-bond donors (Lipinski definition) is 1. The second-order valence-electron chi connectivity index (χ2n) is 4.96. The minimum absolute atomic E-state index is 0.740. The zero-order chi connectivity index (χ0) is 15.9. The van der Waals surface area contributed by atoms with E-state index in [4.69, 9.17) is 0 Å². The summed E-state index contributed by atoms with van der Waals surface area (Å²) in [6, 6.07) is 3.98. The van der Waals surface area contributed by atoms with Gasteiger partial charge in [-0.05, 0) is 54.8 Å². The summed E-state index contributed by atoms with van der Waals surface area (Å²) in [6.07, 6.45) is 9.60. The van der Waals surface area contributed by atoms with E-state index in [0.29, 0.717) is 0 Å². The van der Waals surface area contributed by atoms with Crippen molar-refractivity contribution in [1.82, 2.24) is 15.2 Å². The van der Waals surface area contributed by atoms with E-state index in [1.165, 1.54) is 5.56 Å². The normalized spacial score (nSPS) is 11.1. The van der Waals surface area contributed by atoms with Crippen molar-refractivity contribution in [3.63, 3.8) is 0 Å². The lowest BCUT2D eigenvalue weighted by Gasteiger charge is -2.13. The van der Waals surface area contributed by atoms with Crippen molar-refractivity contribution in [3.8, 4) is 0 Å². The Bertz CT molecular complexity index is 703. The molecule has 0 atom stereocenters. The van der Waals surface area contributed by atoms with E-state index in [1.54, 1.807) is 24.5 Å². The lowest BCUT2D eigenvalue weighted by molar-refractivity contribution is 0.907. The minimum atomic E-state index is 0.740. The number of nitrogens with zero attached hydrogens (tertiary/aromatic N) is 3. The van der Waals surface area contributed by atoms with Crippen LogP contribution in [-0.4, -0.2) is 15.2 Å². The van der Waals surface area contributed by atoms with Crippen LogP contribution in [0.4, 0.5) is 5.82 Å². The minimum Gasteiger partial charge on any atom is -0.339 e. The molecule has 2 aromatic rings. The Kier molecular flexibility index (Phi) is 5.20. The van der Waals surface area contributed by atoms with Gasteiger partial charge in [0.2, 0.25) is 0 Å². The summed E-state index contributed by atoms with van der Waals surface area (Å²) in [7, 11) is 0. The third-order valence-corrected chi connectivity index (χ3v) is 3.52. The topological polar surface area (TPSA) is 50.7 Å². The number of anilines is 1. The Labute approximate surface area is 131 Å². The van der Waals surface area contributed by atoms with Gasteiger partial charge in [0.1, 0.15) is 0 Å². The molecule has 2 heterocycles. The molecule has 0 unspecified atom stereocenters. The first-order chi connectivity index (χ1) is 10.7. The van der Waals surface area contributed by atoms with Gasteiger partial charge in [0, 0.05) is 24.5 Å². The highest BCUT2D eigenvalue weighted by Crippen LogP contribution is 2.20. The summed E-state index contributed by atoms with van der Waals surface area (Å²) in [4.78, 5) is 4.03. The van der Waals surface area contributed by atoms with E-state index < -0.39 is 0 Å². The smallest absolute Gasteiger partial charge is 0.156 e. The number of pyridine rings is 1. The van der Waals surface area contributed by atoms with E-state index >= 15 is 0 Å². The van der Waals surface area contributed by atoms with Crippen LogP contribution >= 0.6 is 0 Å². The van der Waals surface area contributed by atoms with Gasteiger partial charge < -0.3 is 5.32 Å². The molecule has 0 aromatic carbocycles. The fraction of sp³-hybridized carbons (Fsp3) is 0.167. The molecule has 2 rings (SSSR count). The highest BCUT2D eigenvalue weighted by atomic mass is 15.2. The molecule has 0 aliphatic carbocycles. The molecule has 4 heteroatoms. The first-order valence-corrected chi connectivity index (χ1v) is 7.09. The van der Waals surface area contributed by atoms with Crippen LogP contribution in [0.1, 0.15) is 22.4 Å². The molecule has 1 N–H and O–H groups in total. The summed E-state index contributed by atoms with van der Waals surface area (Å²) < 4.78 is 0. The summed E-state index contributed by atoms with van der Waals surface area (Å²) in [5, 5.41) is 11.9. The number of allylic oxidation sites excluding steroid dienone is 3. The molecule has 2 aromatic heterocycles. The van der Waals surface area contributed by atoms with Crippen molar-refractivity contribution in [2.24, 2.45) is 0 Å². The maximum atomic E-state index is 4.36. The number of rotatable bonds is 6. The quantitative estimate of drug-likeness (QED) is 0.824. The Morgan fingerprint density at radius 2 is 1.86 bits per heavy atom. The average Bonchev–Trinajstić information content (AvgIpc) is 2.54. The summed E-state index contributed by atoms with van der Waals surface area (Å²) >= 11 is 0. The average molecular weight is 292 g/mol. The van der Waals surface area contributed by atoms with E-state index in [-0.39, 0.29) is 0 Å². The standard InChI is InChI=1S/C18H20N4/c1-5-7-16(6-2)20-18-14(4)13(3)17(21-22-18)12-15-8-10-19-11-9-15/h5-11H,1-2,12H2,3-4H3,(H,20,22)/b16-7+. The van der Waals surface area contributed by atoms with Gasteiger partial charge in [0.15, 0.2) is 5.82 Å². The van der Waals surface area contributed by atoms with Crippen LogP contribution in [0, 0.1) is 13.8 Å². The summed E-state index contributed by atoms with van der Waals surface area (Å²) in [5.41, 5.74) is 5.20. The Morgan fingerprint density at radius 3 is 2.50 bits per heavy atom. The largest absolute Gasteiger partial charge is 0.339 e. The molecule has 0 bridgehead atoms. The van der Waals surface area contributed by atoms with Crippen molar-refractivity contribution in [2.45, 2.75) is 20.3 Å². The predicted octanol–water partition coefficient (Wildman–Crippen LogP) is 3.75. The maximum Gasteiger partial charge on any atom is 0.156 e. The molecule has 0 radical (unpaired) electrons. The monoisotopic (exact) mass is 292 g/mol. The van der Waals surface area contributed by atoms with Gasteiger partial charge in [0.05, 0.1) is 5.69 Å². The van der Waals surface area contributed by atoms with E-state index in [9.17, 15) is 0 Å². The van der Waals surface area contributed by atoms with Crippen molar-refractivity contribution in [1.29, 1.82) is 0 Å². The van der Waals surface area contributed by atoms with Gasteiger partial charge in [-0.15, -0.1) is 5.10 Å². The fourth-order valence-electron chi connectivity index (χ4n) is 2.06. The van der Waals surface area contributed by atoms with Crippen molar-refractivity contribution < 1.29 is 0 Å². The highest BCUT2D eigenvalue weighted by Gasteiger charge is 2.10. The van der Waals surface area contributed by atoms with Gasteiger partial charge in [0.25, 0.3) is 0 Å². The van der Waals surface area contributed by atoms with Crippen LogP contribution in [0.3, 0.4) is 0 Å². The van der Waals surface area contributed by atoms with Gasteiger partial charge in [-0.1, -0.05) is 19.2 Å². The van der Waals surface area contributed by atoms with Crippen molar-refractivity contribution in [3.05, 3.63) is 84.0 Å². The molecule has 0 spiro atoms. The molecular formula is C18H20N4. The number of nitrogens with one attached hydrogen (secondary N) is 1. The SMILES string of the molecule is C=C/C=C(\C=C)Nc1nnc(Cc2ccncc2)c(C)c1C. The van der Waals surface area contributed by atoms with E-state index in [1.807, 2.05) is 25.1 Å². The Morgan fingerprint density at radius 1 is 1.14 bits per heavy atom. The molecule has 112 valence electrons. The van der Waals surface area contributed by atoms with Crippen molar-refractivity contribution in [2.75, 3.05) is 5.32 Å². The lowest BCUT2D eigenvalue weighted by Crippen LogP contribution is -2.08. The Balaban J connectivity index is 2.27. The molecular weight excluding hydrogens is 272 g/mol. The second kappa shape index (κ2) is 7.31. The summed E-state index contributed by atoms with van der Waals surface area (Å²) in [6.45, 7) is 11.6. The second-order valence-corrected chi connectivity index (χ2v) is 4.96. The highest BCUT2D eigenvalue weighted by molar-refractivity contribution is 5.53. The fourth-order valence-corrected chi connectivity index (χ4v) is 2.06. The first kappa shape index (κ1) is 15.6. The third kappa shape index (κ3) is 3.67. The molecule has 0 aliphatic rings. The molecule has 0 aliphatic heterocycles.